The van der Waals surface area contributed by atoms with E-state index in [4.69, 9.17) is 4.74 Å². The van der Waals surface area contributed by atoms with Gasteiger partial charge in [0.25, 0.3) is 0 Å². The molecule has 1 aliphatic rings. The Morgan fingerprint density at radius 1 is 1.18 bits per heavy atom. The Kier molecular flexibility index (Phi) is 5.87. The molecule has 6 nitrogen and oxygen atoms in total. The predicted molar refractivity (Wildman–Crippen MR) is 111 cm³/mol. The van der Waals surface area contributed by atoms with Gasteiger partial charge in [-0.3, -0.25) is 4.79 Å². The average Bonchev–Trinajstić information content (AvgIpc) is 2.78. The van der Waals surface area contributed by atoms with Crippen LogP contribution in [0, 0.1) is 5.41 Å². The van der Waals surface area contributed by atoms with Gasteiger partial charge in [0.15, 0.2) is 0 Å². The zero-order chi connectivity index (χ0) is 20.1. The zero-order valence-corrected chi connectivity index (χ0v) is 16.6. The van der Waals surface area contributed by atoms with Crippen molar-refractivity contribution < 1.29 is 14.3 Å². The first-order valence-corrected chi connectivity index (χ1v) is 9.58. The van der Waals surface area contributed by atoms with Crippen LogP contribution in [0.25, 0.3) is 0 Å². The minimum atomic E-state index is -0.602. The van der Waals surface area contributed by atoms with Gasteiger partial charge in [-0.05, 0) is 38.0 Å². The molecule has 28 heavy (non-hydrogen) atoms. The van der Waals surface area contributed by atoms with Crippen molar-refractivity contribution in [1.82, 2.24) is 5.32 Å². The van der Waals surface area contributed by atoms with E-state index in [0.29, 0.717) is 31.1 Å². The van der Waals surface area contributed by atoms with Crippen molar-refractivity contribution in [3.63, 3.8) is 0 Å². The van der Waals surface area contributed by atoms with E-state index in [0.717, 1.165) is 17.7 Å². The first-order valence-electron chi connectivity index (χ1n) is 9.58. The molecule has 0 spiro atoms. The lowest BCUT2D eigenvalue weighted by Crippen LogP contribution is -2.42. The molecule has 0 saturated carbocycles. The maximum atomic E-state index is 12.9. The number of amides is 3. The average molecular weight is 381 g/mol. The third kappa shape index (κ3) is 4.44. The second-order valence-electron chi connectivity index (χ2n) is 7.61. The maximum Gasteiger partial charge on any atom is 0.319 e. The smallest absolute Gasteiger partial charge is 0.319 e. The number of fused-ring (bicyclic) bond motifs is 1. The molecule has 0 aliphatic carbocycles. The summed E-state index contributed by atoms with van der Waals surface area (Å²) in [7, 11) is 0. The number of carbonyl (C=O) groups excluding carboxylic acids is 2. The fourth-order valence-electron chi connectivity index (χ4n) is 3.12. The monoisotopic (exact) mass is 381 g/mol. The number of nitrogens with zero attached hydrogens (tertiary/aromatic N) is 1. The minimum Gasteiger partial charge on any atom is -0.490 e. The van der Waals surface area contributed by atoms with Crippen molar-refractivity contribution >= 4 is 23.3 Å². The summed E-state index contributed by atoms with van der Waals surface area (Å²) in [6.07, 6.45) is 0.850. The highest BCUT2D eigenvalue weighted by Gasteiger charge is 2.37. The molecular weight excluding hydrogens is 354 g/mol. The first-order chi connectivity index (χ1) is 13.4. The van der Waals surface area contributed by atoms with Crippen LogP contribution >= 0.6 is 0 Å². The van der Waals surface area contributed by atoms with Crippen LogP contribution in [0.3, 0.4) is 0 Å². The van der Waals surface area contributed by atoms with E-state index in [-0.39, 0.29) is 11.9 Å². The molecule has 0 atom stereocenters. The highest BCUT2D eigenvalue weighted by Crippen LogP contribution is 2.38. The van der Waals surface area contributed by atoms with Gasteiger partial charge >= 0.3 is 6.03 Å². The summed E-state index contributed by atoms with van der Waals surface area (Å²) in [4.78, 5) is 26.9. The van der Waals surface area contributed by atoms with Crippen molar-refractivity contribution in [2.24, 2.45) is 5.41 Å². The normalized spacial score (nSPS) is 15.2. The number of ether oxygens (including phenoxy) is 1. The summed E-state index contributed by atoms with van der Waals surface area (Å²) in [5.74, 6) is 0.655. The molecule has 3 rings (SSSR count). The Balaban J connectivity index is 1.73. The Bertz CT molecular complexity index is 849. The van der Waals surface area contributed by atoms with Gasteiger partial charge in [-0.1, -0.05) is 37.3 Å². The lowest BCUT2D eigenvalue weighted by Gasteiger charge is -2.27. The van der Waals surface area contributed by atoms with E-state index in [1.807, 2.05) is 57.2 Å². The topological polar surface area (TPSA) is 70.7 Å². The van der Waals surface area contributed by atoms with E-state index in [2.05, 4.69) is 10.6 Å². The maximum absolute atomic E-state index is 12.9. The molecule has 2 aromatic carbocycles. The van der Waals surface area contributed by atoms with Crippen LogP contribution in [0.15, 0.2) is 48.5 Å². The fourth-order valence-corrected chi connectivity index (χ4v) is 3.12. The van der Waals surface area contributed by atoms with Crippen molar-refractivity contribution in [2.75, 3.05) is 23.4 Å². The Morgan fingerprint density at radius 3 is 2.64 bits per heavy atom. The van der Waals surface area contributed by atoms with E-state index in [1.165, 1.54) is 0 Å². The lowest BCUT2D eigenvalue weighted by atomic mass is 9.93. The zero-order valence-electron chi connectivity index (χ0n) is 16.6. The highest BCUT2D eigenvalue weighted by molar-refractivity contribution is 6.00. The molecule has 2 aromatic rings. The van der Waals surface area contributed by atoms with Gasteiger partial charge in [0, 0.05) is 24.8 Å². The Hall–Kier alpha value is -3.02. The molecule has 0 bridgehead atoms. The van der Waals surface area contributed by atoms with Gasteiger partial charge in [0.1, 0.15) is 12.4 Å². The van der Waals surface area contributed by atoms with Crippen molar-refractivity contribution in [2.45, 2.75) is 33.7 Å². The number of carbonyl (C=O) groups is 2. The second kappa shape index (κ2) is 8.33. The quantitative estimate of drug-likeness (QED) is 0.817. The SMILES string of the molecule is CCCN1C(=O)C(C)(C)COc2cc(NC(=O)NCc3ccccc3)ccc21. The molecule has 2 N–H and O–H groups in total. The van der Waals surface area contributed by atoms with E-state index in [1.54, 1.807) is 17.0 Å². The number of benzene rings is 2. The standard InChI is InChI=1S/C22H27N3O3/c1-4-12-25-18-11-10-17(13-19(18)28-15-22(2,3)20(25)26)24-21(27)23-14-16-8-6-5-7-9-16/h5-11,13H,4,12,14-15H2,1-3H3,(H2,23,24,27). The molecular formula is C22H27N3O3. The van der Waals surface area contributed by atoms with Gasteiger partial charge in [-0.15, -0.1) is 0 Å². The number of rotatable bonds is 5. The van der Waals surface area contributed by atoms with Crippen LogP contribution in [0.1, 0.15) is 32.8 Å². The van der Waals surface area contributed by atoms with Crippen LogP contribution in [-0.4, -0.2) is 25.1 Å². The van der Waals surface area contributed by atoms with Gasteiger partial charge in [0.2, 0.25) is 5.91 Å². The predicted octanol–water partition coefficient (Wildman–Crippen LogP) is 4.17. The van der Waals surface area contributed by atoms with E-state index < -0.39 is 5.41 Å². The summed E-state index contributed by atoms with van der Waals surface area (Å²) >= 11 is 0. The van der Waals surface area contributed by atoms with Crippen LogP contribution in [0.4, 0.5) is 16.2 Å². The molecule has 1 aliphatic heterocycles. The molecule has 0 unspecified atom stereocenters. The number of hydrogen-bond donors (Lipinski definition) is 2. The third-order valence-electron chi connectivity index (χ3n) is 4.66. The summed E-state index contributed by atoms with van der Waals surface area (Å²) in [5, 5.41) is 5.66. The van der Waals surface area contributed by atoms with Crippen molar-refractivity contribution in [1.29, 1.82) is 0 Å². The van der Waals surface area contributed by atoms with Crippen LogP contribution in [0.2, 0.25) is 0 Å². The molecule has 0 aromatic heterocycles. The van der Waals surface area contributed by atoms with E-state index in [9.17, 15) is 9.59 Å². The molecule has 3 amide bonds. The minimum absolute atomic E-state index is 0.0504. The first kappa shape index (κ1) is 19.7. The van der Waals surface area contributed by atoms with Crippen LogP contribution < -0.4 is 20.3 Å². The molecule has 0 radical (unpaired) electrons. The molecule has 6 heteroatoms. The van der Waals surface area contributed by atoms with E-state index >= 15 is 0 Å². The summed E-state index contributed by atoms with van der Waals surface area (Å²) in [6, 6.07) is 14.8. The third-order valence-corrected chi connectivity index (χ3v) is 4.66. The summed E-state index contributed by atoms with van der Waals surface area (Å²) in [6.45, 7) is 7.19. The van der Waals surface area contributed by atoms with Crippen molar-refractivity contribution in [3.8, 4) is 5.75 Å². The number of anilines is 2. The molecule has 1 heterocycles. The molecule has 148 valence electrons. The number of hydrogen-bond acceptors (Lipinski definition) is 3. The van der Waals surface area contributed by atoms with Gasteiger partial charge in [0.05, 0.1) is 11.1 Å². The Morgan fingerprint density at radius 2 is 1.93 bits per heavy atom. The van der Waals surface area contributed by atoms with Gasteiger partial charge < -0.3 is 20.3 Å². The summed E-state index contributed by atoms with van der Waals surface area (Å²) in [5.41, 5.74) is 1.79. The highest BCUT2D eigenvalue weighted by atomic mass is 16.5. The molecule has 0 saturated heterocycles. The van der Waals surface area contributed by atoms with Gasteiger partial charge in [-0.2, -0.15) is 0 Å². The molecule has 0 fully saturated rings. The largest absolute Gasteiger partial charge is 0.490 e. The van der Waals surface area contributed by atoms with Crippen LogP contribution in [0.5, 0.6) is 5.75 Å². The number of urea groups is 1. The van der Waals surface area contributed by atoms with Gasteiger partial charge in [-0.25, -0.2) is 4.79 Å². The Labute approximate surface area is 165 Å². The second-order valence-corrected chi connectivity index (χ2v) is 7.61. The lowest BCUT2D eigenvalue weighted by molar-refractivity contribution is -0.127. The van der Waals surface area contributed by atoms with Crippen LogP contribution in [-0.2, 0) is 11.3 Å². The van der Waals surface area contributed by atoms with Crippen molar-refractivity contribution in [3.05, 3.63) is 54.1 Å². The summed E-state index contributed by atoms with van der Waals surface area (Å²) < 4.78 is 5.93. The fraction of sp³-hybridized carbons (Fsp3) is 0.364. The number of nitrogens with one attached hydrogen (secondary N) is 2.